The molecule has 3 rings (SSSR count). The van der Waals surface area contributed by atoms with Crippen LogP contribution in [0.1, 0.15) is 0 Å². The average Bonchev–Trinajstić information content (AvgIpc) is 2.67. The van der Waals surface area contributed by atoms with E-state index in [0.29, 0.717) is 15.9 Å². The van der Waals surface area contributed by atoms with Crippen molar-refractivity contribution in [2.75, 3.05) is 0 Å². The molecule has 0 unspecified atom stereocenters. The molecule has 0 amide bonds. The zero-order valence-corrected chi connectivity index (χ0v) is 20.7. The fraction of sp³-hybridized carbons (Fsp3) is 0. The second-order valence-corrected chi connectivity index (χ2v) is 12.7. The van der Waals surface area contributed by atoms with Gasteiger partial charge in [-0.15, -0.1) is 0 Å². The van der Waals surface area contributed by atoms with Crippen LogP contribution < -0.4 is 15.9 Å². The van der Waals surface area contributed by atoms with Gasteiger partial charge in [0.05, 0.1) is 14.7 Å². The van der Waals surface area contributed by atoms with Crippen LogP contribution >= 0.6 is 7.92 Å². The molecule has 9 nitrogen and oxygen atoms in total. The van der Waals surface area contributed by atoms with Crippen molar-refractivity contribution >= 4 is 54.2 Å². The molecule has 3 aromatic rings. The van der Waals surface area contributed by atoms with Gasteiger partial charge in [0, 0.05) is 19.5 Å². The minimum atomic E-state index is -4.55. The van der Waals surface area contributed by atoms with Gasteiger partial charge in [0.1, 0.15) is 0 Å². The molecule has 173 valence electrons. The largest absolute Gasteiger partial charge is 0.294 e. The average molecular weight is 605 g/mol. The topological polar surface area (TPSA) is 163 Å². The monoisotopic (exact) mass is 605 g/mol. The van der Waals surface area contributed by atoms with Crippen LogP contribution in [0.15, 0.2) is 87.5 Å². The van der Waals surface area contributed by atoms with E-state index in [9.17, 15) is 38.9 Å². The molecule has 3 N–H and O–H groups in total. The van der Waals surface area contributed by atoms with Crippen LogP contribution in [0, 0.1) is 0 Å². The van der Waals surface area contributed by atoms with E-state index in [-0.39, 0.29) is 19.5 Å². The molecular formula is C18H15O9PRhS3. The van der Waals surface area contributed by atoms with Gasteiger partial charge < -0.3 is 0 Å². The maximum atomic E-state index is 11.6. The van der Waals surface area contributed by atoms with Crippen molar-refractivity contribution in [2.24, 2.45) is 0 Å². The van der Waals surface area contributed by atoms with Crippen LogP contribution in [0.25, 0.3) is 0 Å². The summed E-state index contributed by atoms with van der Waals surface area (Å²) < 4.78 is 97.7. The third-order valence-electron chi connectivity index (χ3n) is 4.12. The third kappa shape index (κ3) is 6.27. The van der Waals surface area contributed by atoms with Gasteiger partial charge in [0.25, 0.3) is 30.4 Å². The van der Waals surface area contributed by atoms with E-state index in [1.807, 2.05) is 0 Å². The van der Waals surface area contributed by atoms with Gasteiger partial charge in [-0.1, -0.05) is 36.4 Å². The summed E-state index contributed by atoms with van der Waals surface area (Å²) in [6, 6.07) is 15.7. The summed E-state index contributed by atoms with van der Waals surface area (Å²) >= 11 is 0. The minimum absolute atomic E-state index is 0. The Kier molecular flexibility index (Phi) is 8.13. The summed E-state index contributed by atoms with van der Waals surface area (Å²) in [5.74, 6) is 0. The van der Waals surface area contributed by atoms with E-state index in [1.54, 1.807) is 0 Å². The van der Waals surface area contributed by atoms with Crippen LogP contribution in [0.2, 0.25) is 0 Å². The van der Waals surface area contributed by atoms with E-state index < -0.39 is 53.0 Å². The van der Waals surface area contributed by atoms with Crippen molar-refractivity contribution in [1.29, 1.82) is 0 Å². The zero-order chi connectivity index (χ0) is 23.0. The maximum absolute atomic E-state index is 11.6. The number of rotatable bonds is 6. The quantitative estimate of drug-likeness (QED) is 0.213. The van der Waals surface area contributed by atoms with E-state index in [1.165, 1.54) is 54.6 Å². The summed E-state index contributed by atoms with van der Waals surface area (Å²) in [4.78, 5) is -1.22. The van der Waals surface area contributed by atoms with Crippen LogP contribution in [0.5, 0.6) is 0 Å². The van der Waals surface area contributed by atoms with Crippen LogP contribution in [-0.2, 0) is 49.8 Å². The first-order chi connectivity index (χ1) is 14.3. The van der Waals surface area contributed by atoms with Gasteiger partial charge in [-0.25, -0.2) is 0 Å². The predicted octanol–water partition coefficient (Wildman–Crippen LogP) is 1.18. The smallest absolute Gasteiger partial charge is 0.282 e. The zero-order valence-electron chi connectivity index (χ0n) is 15.7. The molecular weight excluding hydrogens is 590 g/mol. The molecule has 0 saturated carbocycles. The molecule has 0 bridgehead atoms. The van der Waals surface area contributed by atoms with Gasteiger partial charge in [-0.3, -0.25) is 13.7 Å². The normalized spacial score (nSPS) is 12.4. The van der Waals surface area contributed by atoms with E-state index >= 15 is 0 Å². The van der Waals surface area contributed by atoms with E-state index in [4.69, 9.17) is 0 Å². The summed E-state index contributed by atoms with van der Waals surface area (Å²) in [5, 5.41) is 1.01. The molecule has 14 heteroatoms. The second-order valence-electron chi connectivity index (χ2n) is 6.25. The molecule has 0 saturated heterocycles. The first-order valence-corrected chi connectivity index (χ1v) is 14.0. The molecule has 0 aliphatic rings. The summed E-state index contributed by atoms with van der Waals surface area (Å²) in [7, 11) is -15.4. The van der Waals surface area contributed by atoms with Crippen LogP contribution in [-0.4, -0.2) is 38.9 Å². The van der Waals surface area contributed by atoms with Crippen molar-refractivity contribution in [2.45, 2.75) is 14.7 Å². The Hall–Kier alpha value is -1.56. The molecule has 1 radical (unpaired) electrons. The Morgan fingerprint density at radius 2 is 0.750 bits per heavy atom. The molecule has 0 aliphatic heterocycles. The Morgan fingerprint density at radius 1 is 0.500 bits per heavy atom. The first kappa shape index (κ1) is 26.7. The van der Waals surface area contributed by atoms with Gasteiger partial charge in [0.2, 0.25) is 0 Å². The second kappa shape index (κ2) is 9.74. The Balaban J connectivity index is 0.00000363. The summed E-state index contributed by atoms with van der Waals surface area (Å²) in [5.41, 5.74) is 0. The first-order valence-electron chi connectivity index (χ1n) is 8.30. The van der Waals surface area contributed by atoms with Crippen molar-refractivity contribution in [3.8, 4) is 0 Å². The molecule has 0 aliphatic carbocycles. The number of benzene rings is 3. The Bertz CT molecular complexity index is 1290. The molecule has 0 heterocycles. The molecule has 32 heavy (non-hydrogen) atoms. The van der Waals surface area contributed by atoms with Crippen molar-refractivity contribution < 1.29 is 58.4 Å². The summed E-state index contributed by atoms with van der Waals surface area (Å²) in [6.45, 7) is 0. The minimum Gasteiger partial charge on any atom is -0.282 e. The molecule has 0 aromatic heterocycles. The van der Waals surface area contributed by atoms with Crippen LogP contribution in [0.4, 0.5) is 0 Å². The van der Waals surface area contributed by atoms with Crippen molar-refractivity contribution in [3.63, 3.8) is 0 Å². The van der Waals surface area contributed by atoms with E-state index in [0.717, 1.165) is 18.2 Å². The number of hydrogen-bond acceptors (Lipinski definition) is 6. The summed E-state index contributed by atoms with van der Waals surface area (Å²) in [6.07, 6.45) is 0. The number of hydrogen-bond donors (Lipinski definition) is 3. The van der Waals surface area contributed by atoms with Crippen molar-refractivity contribution in [1.82, 2.24) is 0 Å². The maximum Gasteiger partial charge on any atom is 0.294 e. The Morgan fingerprint density at radius 3 is 0.969 bits per heavy atom. The standard InChI is InChI=1S/C18H15O9PS3.Rh/c19-29(20,21)16-7-1-4-13(10-16)28(14-5-2-8-17(11-14)30(22,23)24)15-6-3-9-18(12-15)31(25,26)27;/h1-12H,(H,19,20,21)(H,22,23,24)(H,25,26,27);. The Labute approximate surface area is 199 Å². The van der Waals surface area contributed by atoms with Gasteiger partial charge in [-0.05, 0) is 60.2 Å². The third-order valence-corrected chi connectivity index (χ3v) is 9.05. The fourth-order valence-electron chi connectivity index (χ4n) is 2.80. The van der Waals surface area contributed by atoms with Crippen molar-refractivity contribution in [3.05, 3.63) is 72.8 Å². The molecule has 0 spiro atoms. The van der Waals surface area contributed by atoms with Crippen LogP contribution in [0.3, 0.4) is 0 Å². The van der Waals surface area contributed by atoms with E-state index in [2.05, 4.69) is 0 Å². The predicted molar refractivity (Wildman–Crippen MR) is 115 cm³/mol. The SMILES string of the molecule is O=S(=O)(O)c1cccc(P(c2cccc(S(=O)(=O)O)c2)c2cccc(S(=O)(=O)O)c2)c1.[Rh]. The van der Waals surface area contributed by atoms with Gasteiger partial charge in [-0.2, -0.15) is 25.3 Å². The fourth-order valence-corrected chi connectivity index (χ4v) is 7.04. The molecule has 0 atom stereocenters. The van der Waals surface area contributed by atoms with Gasteiger partial charge in [0.15, 0.2) is 0 Å². The molecule has 3 aromatic carbocycles. The van der Waals surface area contributed by atoms with Gasteiger partial charge >= 0.3 is 0 Å². The molecule has 0 fully saturated rings.